The molecule has 0 aromatic heterocycles. The summed E-state index contributed by atoms with van der Waals surface area (Å²) in [4.78, 5) is 14.2. The summed E-state index contributed by atoms with van der Waals surface area (Å²) in [6, 6.07) is 4.70. The predicted octanol–water partition coefficient (Wildman–Crippen LogP) is 4.61. The zero-order valence-electron chi connectivity index (χ0n) is 11.1. The molecule has 0 aliphatic carbocycles. The molecule has 5 heteroatoms. The van der Waals surface area contributed by atoms with Crippen LogP contribution >= 0.6 is 31.9 Å². The molecule has 0 saturated carbocycles. The van der Waals surface area contributed by atoms with Crippen LogP contribution in [0.2, 0.25) is 0 Å². The molecule has 0 radical (unpaired) electrons. The fraction of sp³-hybridized carbons (Fsp3) is 0.500. The van der Waals surface area contributed by atoms with Gasteiger partial charge in [0.2, 0.25) is 0 Å². The Morgan fingerprint density at radius 3 is 2.47 bits per heavy atom. The molecule has 0 aliphatic rings. The maximum absolute atomic E-state index is 13.9. The largest absolute Gasteiger partial charge is 0.335 e. The third-order valence-electron chi connectivity index (χ3n) is 3.13. The van der Waals surface area contributed by atoms with E-state index in [4.69, 9.17) is 0 Å². The predicted molar refractivity (Wildman–Crippen MR) is 83.3 cm³/mol. The van der Waals surface area contributed by atoms with Gasteiger partial charge in [-0.2, -0.15) is 0 Å². The first-order valence-electron chi connectivity index (χ1n) is 6.37. The van der Waals surface area contributed by atoms with E-state index in [1.807, 2.05) is 13.8 Å². The van der Waals surface area contributed by atoms with Crippen LogP contribution in [0.4, 0.5) is 4.39 Å². The van der Waals surface area contributed by atoms with E-state index in [2.05, 4.69) is 31.9 Å². The molecule has 0 heterocycles. The van der Waals surface area contributed by atoms with Crippen LogP contribution in [0, 0.1) is 5.82 Å². The van der Waals surface area contributed by atoms with Gasteiger partial charge in [-0.1, -0.05) is 45.7 Å². The summed E-state index contributed by atoms with van der Waals surface area (Å²) < 4.78 is 14.5. The number of halogens is 3. The number of amides is 1. The van der Waals surface area contributed by atoms with Crippen LogP contribution < -0.4 is 0 Å². The second kappa shape index (κ2) is 8.00. The Morgan fingerprint density at radius 2 is 2.00 bits per heavy atom. The number of alkyl halides is 1. The lowest BCUT2D eigenvalue weighted by molar-refractivity contribution is 0.0678. The minimum atomic E-state index is -0.482. The third-order valence-corrected chi connectivity index (χ3v) is 3.98. The lowest BCUT2D eigenvalue weighted by Crippen LogP contribution is -2.41. The van der Waals surface area contributed by atoms with Gasteiger partial charge in [0.1, 0.15) is 5.82 Å². The van der Waals surface area contributed by atoms with Crippen molar-refractivity contribution in [3.8, 4) is 0 Å². The molecular formula is C14H18Br2FNO. The molecule has 1 aromatic rings. The lowest BCUT2D eigenvalue weighted by atomic mass is 10.1. The maximum Gasteiger partial charge on any atom is 0.257 e. The van der Waals surface area contributed by atoms with E-state index in [1.165, 1.54) is 12.1 Å². The second-order valence-electron chi connectivity index (χ2n) is 4.28. The van der Waals surface area contributed by atoms with Gasteiger partial charge >= 0.3 is 0 Å². The standard InChI is InChI=1S/C14H18Br2FNO/c1-3-11(4-2)18(8-7-15)14(19)12-6-5-10(16)9-13(12)17/h5-6,9,11H,3-4,7-8H2,1-2H3. The minimum Gasteiger partial charge on any atom is -0.335 e. The zero-order valence-corrected chi connectivity index (χ0v) is 14.3. The SMILES string of the molecule is CCC(CC)N(CCBr)C(=O)c1ccc(Br)cc1F. The molecule has 1 aromatic carbocycles. The molecule has 0 fully saturated rings. The van der Waals surface area contributed by atoms with Crippen molar-refractivity contribution in [2.75, 3.05) is 11.9 Å². The molecule has 0 atom stereocenters. The normalized spacial score (nSPS) is 10.8. The smallest absolute Gasteiger partial charge is 0.257 e. The van der Waals surface area contributed by atoms with Crippen LogP contribution in [0.1, 0.15) is 37.0 Å². The number of carbonyl (C=O) groups excluding carboxylic acids is 1. The van der Waals surface area contributed by atoms with E-state index in [0.29, 0.717) is 16.3 Å². The molecule has 1 amide bonds. The molecule has 0 unspecified atom stereocenters. The Kier molecular flexibility index (Phi) is 7.00. The van der Waals surface area contributed by atoms with E-state index >= 15 is 0 Å². The highest BCUT2D eigenvalue weighted by Gasteiger charge is 2.24. The van der Waals surface area contributed by atoms with Crippen molar-refractivity contribution in [1.82, 2.24) is 4.90 Å². The van der Waals surface area contributed by atoms with Crippen molar-refractivity contribution in [2.24, 2.45) is 0 Å². The Morgan fingerprint density at radius 1 is 1.37 bits per heavy atom. The second-order valence-corrected chi connectivity index (χ2v) is 5.99. The number of carbonyl (C=O) groups is 1. The van der Waals surface area contributed by atoms with Crippen LogP contribution in [-0.2, 0) is 0 Å². The first kappa shape index (κ1) is 16.6. The Balaban J connectivity index is 3.04. The first-order chi connectivity index (χ1) is 9.04. The van der Waals surface area contributed by atoms with Crippen molar-refractivity contribution in [3.63, 3.8) is 0 Å². The number of hydrogen-bond donors (Lipinski definition) is 0. The van der Waals surface area contributed by atoms with E-state index in [9.17, 15) is 9.18 Å². The van der Waals surface area contributed by atoms with Gasteiger partial charge in [0.15, 0.2) is 0 Å². The van der Waals surface area contributed by atoms with Crippen LogP contribution in [-0.4, -0.2) is 28.7 Å². The molecule has 1 rings (SSSR count). The molecular weight excluding hydrogens is 377 g/mol. The van der Waals surface area contributed by atoms with Gasteiger partial charge < -0.3 is 4.90 Å². The van der Waals surface area contributed by atoms with Crippen molar-refractivity contribution >= 4 is 37.8 Å². The number of hydrogen-bond acceptors (Lipinski definition) is 1. The van der Waals surface area contributed by atoms with E-state index in [0.717, 1.165) is 12.8 Å². The summed E-state index contributed by atoms with van der Waals surface area (Å²) >= 11 is 6.55. The molecule has 0 N–H and O–H groups in total. The average Bonchev–Trinajstić information content (AvgIpc) is 2.38. The molecule has 0 aliphatic heterocycles. The third kappa shape index (κ3) is 4.28. The Labute approximate surface area is 130 Å². The van der Waals surface area contributed by atoms with Crippen LogP contribution in [0.25, 0.3) is 0 Å². The van der Waals surface area contributed by atoms with Gasteiger partial charge in [-0.3, -0.25) is 4.79 Å². The molecule has 0 bridgehead atoms. The van der Waals surface area contributed by atoms with Gasteiger partial charge in [0.25, 0.3) is 5.91 Å². The van der Waals surface area contributed by atoms with Crippen LogP contribution in [0.3, 0.4) is 0 Å². The van der Waals surface area contributed by atoms with Gasteiger partial charge in [0, 0.05) is 22.4 Å². The van der Waals surface area contributed by atoms with Crippen LogP contribution in [0.5, 0.6) is 0 Å². The van der Waals surface area contributed by atoms with E-state index in [-0.39, 0.29) is 17.5 Å². The van der Waals surface area contributed by atoms with Gasteiger partial charge in [-0.15, -0.1) is 0 Å². The maximum atomic E-state index is 13.9. The first-order valence-corrected chi connectivity index (χ1v) is 8.28. The Hall–Kier alpha value is -0.420. The Bertz CT molecular complexity index is 435. The number of benzene rings is 1. The molecule has 0 spiro atoms. The van der Waals surface area contributed by atoms with Crippen molar-refractivity contribution < 1.29 is 9.18 Å². The van der Waals surface area contributed by atoms with Crippen molar-refractivity contribution in [1.29, 1.82) is 0 Å². The summed E-state index contributed by atoms with van der Waals surface area (Å²) in [5.41, 5.74) is 0.135. The molecule has 106 valence electrons. The fourth-order valence-corrected chi connectivity index (χ4v) is 2.80. The summed E-state index contributed by atoms with van der Waals surface area (Å²) in [6.07, 6.45) is 1.74. The molecule has 19 heavy (non-hydrogen) atoms. The monoisotopic (exact) mass is 393 g/mol. The van der Waals surface area contributed by atoms with Crippen LogP contribution in [0.15, 0.2) is 22.7 Å². The number of rotatable bonds is 6. The van der Waals surface area contributed by atoms with E-state index in [1.54, 1.807) is 11.0 Å². The fourth-order valence-electron chi connectivity index (χ4n) is 2.09. The minimum absolute atomic E-state index is 0.135. The molecule has 2 nitrogen and oxygen atoms in total. The highest BCUT2D eigenvalue weighted by molar-refractivity contribution is 9.10. The summed E-state index contributed by atoms with van der Waals surface area (Å²) in [6.45, 7) is 4.67. The lowest BCUT2D eigenvalue weighted by Gasteiger charge is -2.30. The number of nitrogens with zero attached hydrogens (tertiary/aromatic N) is 1. The highest BCUT2D eigenvalue weighted by atomic mass is 79.9. The quantitative estimate of drug-likeness (QED) is 0.645. The van der Waals surface area contributed by atoms with Gasteiger partial charge in [-0.25, -0.2) is 4.39 Å². The van der Waals surface area contributed by atoms with Gasteiger partial charge in [0.05, 0.1) is 5.56 Å². The van der Waals surface area contributed by atoms with Crippen molar-refractivity contribution in [3.05, 3.63) is 34.1 Å². The van der Waals surface area contributed by atoms with Crippen molar-refractivity contribution in [2.45, 2.75) is 32.7 Å². The average molecular weight is 395 g/mol. The summed E-state index contributed by atoms with van der Waals surface area (Å²) in [5.74, 6) is -0.719. The summed E-state index contributed by atoms with van der Waals surface area (Å²) in [7, 11) is 0. The zero-order chi connectivity index (χ0) is 14.4. The molecule has 0 saturated heterocycles. The van der Waals surface area contributed by atoms with Gasteiger partial charge in [-0.05, 0) is 31.0 Å². The highest BCUT2D eigenvalue weighted by Crippen LogP contribution is 2.19. The topological polar surface area (TPSA) is 20.3 Å². The van der Waals surface area contributed by atoms with E-state index < -0.39 is 5.82 Å². The summed E-state index contributed by atoms with van der Waals surface area (Å²) in [5, 5.41) is 0.688.